The average Bonchev–Trinajstić information content (AvgIpc) is 2.67. The Kier molecular flexibility index (Phi) is 6.01. The topological polar surface area (TPSA) is 53.0 Å². The van der Waals surface area contributed by atoms with Crippen molar-refractivity contribution in [1.29, 1.82) is 0 Å². The standard InChI is InChI=1S/C22H28N2O3/c1-16(2)27-21-10-5-4-9-20(21)24-13-11-23(12-14-24)17(3)18-7-6-8-19(15-18)22(25)26/h4-10,15-17H,11-14H2,1-3H3,(H,25,26). The maximum Gasteiger partial charge on any atom is 0.335 e. The van der Waals surface area contributed by atoms with E-state index in [0.717, 1.165) is 43.2 Å². The van der Waals surface area contributed by atoms with E-state index in [1.165, 1.54) is 0 Å². The molecular formula is C22H28N2O3. The Morgan fingerprint density at radius 2 is 1.70 bits per heavy atom. The lowest BCUT2D eigenvalue weighted by atomic mass is 10.0. The summed E-state index contributed by atoms with van der Waals surface area (Å²) in [4.78, 5) is 16.0. The molecule has 5 heteroatoms. The van der Waals surface area contributed by atoms with Gasteiger partial charge in [0.25, 0.3) is 0 Å². The summed E-state index contributed by atoms with van der Waals surface area (Å²) in [6.07, 6.45) is 0.147. The third-order valence-electron chi connectivity index (χ3n) is 5.05. The van der Waals surface area contributed by atoms with E-state index in [-0.39, 0.29) is 12.1 Å². The second kappa shape index (κ2) is 8.44. The maximum atomic E-state index is 11.2. The molecule has 2 aromatic rings. The van der Waals surface area contributed by atoms with Gasteiger partial charge >= 0.3 is 5.97 Å². The Bertz CT molecular complexity index is 783. The average molecular weight is 368 g/mol. The fraction of sp³-hybridized carbons (Fsp3) is 0.409. The van der Waals surface area contributed by atoms with E-state index in [0.29, 0.717) is 5.56 Å². The Balaban J connectivity index is 1.67. The lowest BCUT2D eigenvalue weighted by Gasteiger charge is -2.39. The quantitative estimate of drug-likeness (QED) is 0.833. The molecule has 1 unspecified atom stereocenters. The molecule has 0 radical (unpaired) electrons. The van der Waals surface area contributed by atoms with Crippen LogP contribution in [0, 0.1) is 0 Å². The van der Waals surface area contributed by atoms with Crippen LogP contribution in [0.25, 0.3) is 0 Å². The van der Waals surface area contributed by atoms with E-state index < -0.39 is 5.97 Å². The minimum absolute atomic E-state index is 0.147. The Morgan fingerprint density at radius 1 is 1.00 bits per heavy atom. The van der Waals surface area contributed by atoms with Crippen LogP contribution in [0.2, 0.25) is 0 Å². The summed E-state index contributed by atoms with van der Waals surface area (Å²) in [7, 11) is 0. The molecule has 2 aromatic carbocycles. The molecule has 1 fully saturated rings. The zero-order valence-electron chi connectivity index (χ0n) is 16.3. The number of carboxylic acid groups (broad SMARTS) is 1. The van der Waals surface area contributed by atoms with Crippen molar-refractivity contribution in [1.82, 2.24) is 4.90 Å². The zero-order chi connectivity index (χ0) is 19.4. The molecule has 1 aliphatic rings. The van der Waals surface area contributed by atoms with Crippen molar-refractivity contribution in [3.8, 4) is 5.75 Å². The third kappa shape index (κ3) is 4.61. The van der Waals surface area contributed by atoms with Crippen molar-refractivity contribution in [2.75, 3.05) is 31.1 Å². The van der Waals surface area contributed by atoms with Crippen LogP contribution in [0.3, 0.4) is 0 Å². The van der Waals surface area contributed by atoms with Crippen LogP contribution in [0.5, 0.6) is 5.75 Å². The molecule has 0 bridgehead atoms. The van der Waals surface area contributed by atoms with E-state index in [1.54, 1.807) is 12.1 Å². The van der Waals surface area contributed by atoms with E-state index >= 15 is 0 Å². The van der Waals surface area contributed by atoms with Crippen molar-refractivity contribution in [3.05, 3.63) is 59.7 Å². The van der Waals surface area contributed by atoms with E-state index in [9.17, 15) is 9.90 Å². The van der Waals surface area contributed by atoms with Gasteiger partial charge in [-0.15, -0.1) is 0 Å². The highest BCUT2D eigenvalue weighted by molar-refractivity contribution is 5.87. The van der Waals surface area contributed by atoms with Gasteiger partial charge in [0.2, 0.25) is 0 Å². The molecule has 5 nitrogen and oxygen atoms in total. The highest BCUT2D eigenvalue weighted by atomic mass is 16.5. The molecule has 1 N–H and O–H groups in total. The fourth-order valence-electron chi connectivity index (χ4n) is 3.56. The lowest BCUT2D eigenvalue weighted by molar-refractivity contribution is 0.0696. The summed E-state index contributed by atoms with van der Waals surface area (Å²) in [6, 6.07) is 15.7. The molecule has 1 heterocycles. The number of carboxylic acids is 1. The predicted molar refractivity (Wildman–Crippen MR) is 108 cm³/mol. The van der Waals surface area contributed by atoms with Gasteiger partial charge in [0.1, 0.15) is 5.75 Å². The number of hydrogen-bond acceptors (Lipinski definition) is 4. The van der Waals surface area contributed by atoms with Gasteiger partial charge in [0, 0.05) is 32.2 Å². The molecule has 0 aliphatic carbocycles. The molecular weight excluding hydrogens is 340 g/mol. The Morgan fingerprint density at radius 3 is 2.37 bits per heavy atom. The minimum Gasteiger partial charge on any atom is -0.489 e. The number of rotatable bonds is 6. The lowest BCUT2D eigenvalue weighted by Crippen LogP contribution is -2.47. The highest BCUT2D eigenvalue weighted by Crippen LogP contribution is 2.31. The normalized spacial score (nSPS) is 16.4. The molecule has 3 rings (SSSR count). The van der Waals surface area contributed by atoms with Crippen molar-refractivity contribution in [2.45, 2.75) is 32.9 Å². The number of nitrogens with zero attached hydrogens (tertiary/aromatic N) is 2. The molecule has 27 heavy (non-hydrogen) atoms. The number of para-hydroxylation sites is 2. The van der Waals surface area contributed by atoms with Gasteiger partial charge in [-0.05, 0) is 50.6 Å². The molecule has 0 aromatic heterocycles. The fourth-order valence-corrected chi connectivity index (χ4v) is 3.56. The Labute approximate surface area is 161 Å². The van der Waals surface area contributed by atoms with Crippen molar-refractivity contribution >= 4 is 11.7 Å². The summed E-state index contributed by atoms with van der Waals surface area (Å²) in [6.45, 7) is 9.92. The number of piperazine rings is 1. The van der Waals surface area contributed by atoms with Crippen LogP contribution in [-0.4, -0.2) is 48.3 Å². The highest BCUT2D eigenvalue weighted by Gasteiger charge is 2.24. The Hall–Kier alpha value is -2.53. The molecule has 1 atom stereocenters. The number of benzene rings is 2. The number of hydrogen-bond donors (Lipinski definition) is 1. The van der Waals surface area contributed by atoms with E-state index in [4.69, 9.17) is 4.74 Å². The zero-order valence-corrected chi connectivity index (χ0v) is 16.3. The summed E-state index contributed by atoms with van der Waals surface area (Å²) < 4.78 is 5.97. The molecule has 0 spiro atoms. The third-order valence-corrected chi connectivity index (χ3v) is 5.05. The second-order valence-electron chi connectivity index (χ2n) is 7.26. The molecule has 0 amide bonds. The summed E-state index contributed by atoms with van der Waals surface area (Å²) in [5.41, 5.74) is 2.54. The number of carbonyl (C=O) groups is 1. The first-order valence-electron chi connectivity index (χ1n) is 9.53. The van der Waals surface area contributed by atoms with Crippen LogP contribution < -0.4 is 9.64 Å². The first-order chi connectivity index (χ1) is 13.0. The van der Waals surface area contributed by atoms with Crippen molar-refractivity contribution in [2.24, 2.45) is 0 Å². The van der Waals surface area contributed by atoms with Crippen molar-refractivity contribution in [3.63, 3.8) is 0 Å². The van der Waals surface area contributed by atoms with Crippen LogP contribution in [-0.2, 0) is 0 Å². The SMILES string of the molecule is CC(C)Oc1ccccc1N1CCN(C(C)c2cccc(C(=O)O)c2)CC1. The number of anilines is 1. The largest absolute Gasteiger partial charge is 0.489 e. The van der Waals surface area contributed by atoms with Gasteiger partial charge < -0.3 is 14.7 Å². The van der Waals surface area contributed by atoms with Gasteiger partial charge in [0.15, 0.2) is 0 Å². The minimum atomic E-state index is -0.879. The summed E-state index contributed by atoms with van der Waals surface area (Å²) in [5.74, 6) is 0.0544. The second-order valence-corrected chi connectivity index (χ2v) is 7.26. The molecule has 144 valence electrons. The first-order valence-corrected chi connectivity index (χ1v) is 9.53. The van der Waals surface area contributed by atoms with Gasteiger partial charge in [-0.3, -0.25) is 4.90 Å². The smallest absolute Gasteiger partial charge is 0.335 e. The maximum absolute atomic E-state index is 11.2. The monoisotopic (exact) mass is 368 g/mol. The van der Waals surface area contributed by atoms with Crippen LogP contribution in [0.1, 0.15) is 42.7 Å². The molecule has 1 aliphatic heterocycles. The van der Waals surface area contributed by atoms with Crippen molar-refractivity contribution < 1.29 is 14.6 Å². The number of ether oxygens (including phenoxy) is 1. The van der Waals surface area contributed by atoms with Gasteiger partial charge in [-0.2, -0.15) is 0 Å². The number of aromatic carboxylic acids is 1. The van der Waals surface area contributed by atoms with Gasteiger partial charge in [0.05, 0.1) is 17.4 Å². The van der Waals surface area contributed by atoms with Gasteiger partial charge in [-0.25, -0.2) is 4.79 Å². The van der Waals surface area contributed by atoms with Gasteiger partial charge in [-0.1, -0.05) is 24.3 Å². The van der Waals surface area contributed by atoms with E-state index in [2.05, 4.69) is 28.9 Å². The predicted octanol–water partition coefficient (Wildman–Crippen LogP) is 4.06. The first kappa shape index (κ1) is 19.2. The molecule has 0 saturated carbocycles. The van der Waals surface area contributed by atoms with E-state index in [1.807, 2.05) is 38.1 Å². The summed E-state index contributed by atoms with van der Waals surface area (Å²) in [5, 5.41) is 9.22. The van der Waals surface area contributed by atoms with Crippen LogP contribution >= 0.6 is 0 Å². The molecule has 1 saturated heterocycles. The summed E-state index contributed by atoms with van der Waals surface area (Å²) >= 11 is 0. The van der Waals surface area contributed by atoms with Crippen LogP contribution in [0.4, 0.5) is 5.69 Å². The van der Waals surface area contributed by atoms with Crippen LogP contribution in [0.15, 0.2) is 48.5 Å².